The molecule has 0 saturated heterocycles. The molecule has 0 radical (unpaired) electrons. The van der Waals surface area contributed by atoms with Crippen LogP contribution < -0.4 is 5.32 Å². The van der Waals surface area contributed by atoms with Gasteiger partial charge in [-0.25, -0.2) is 4.57 Å². The molecule has 0 spiro atoms. The molecule has 3 N–H and O–H groups in total. The highest BCUT2D eigenvalue weighted by molar-refractivity contribution is 7.47. The summed E-state index contributed by atoms with van der Waals surface area (Å²) < 4.78 is 23.6. The maximum Gasteiger partial charge on any atom is 0.472 e. The smallest absolute Gasteiger partial charge is 0.391 e. The lowest BCUT2D eigenvalue weighted by Crippen LogP contribution is -2.46. The first-order chi connectivity index (χ1) is 26.0. The number of allylic oxidation sites excluding steroid dienone is 2. The van der Waals surface area contributed by atoms with Crippen LogP contribution in [0, 0.1) is 0 Å². The van der Waals surface area contributed by atoms with Gasteiger partial charge in [0.05, 0.1) is 39.9 Å². The number of phosphoric acid groups is 1. The fourth-order valence-electron chi connectivity index (χ4n) is 6.81. The highest BCUT2D eigenvalue weighted by Gasteiger charge is 2.28. The van der Waals surface area contributed by atoms with E-state index in [-0.39, 0.29) is 19.1 Å². The van der Waals surface area contributed by atoms with Crippen molar-refractivity contribution in [2.75, 3.05) is 40.9 Å². The summed E-state index contributed by atoms with van der Waals surface area (Å²) in [5.41, 5.74) is 0. The van der Waals surface area contributed by atoms with Crippen molar-refractivity contribution in [3.8, 4) is 0 Å². The molecule has 0 aliphatic carbocycles. The lowest BCUT2D eigenvalue weighted by atomic mass is 10.0. The van der Waals surface area contributed by atoms with E-state index in [1.54, 1.807) is 0 Å². The number of carbonyl (C=O) groups is 1. The van der Waals surface area contributed by atoms with Gasteiger partial charge in [-0.15, -0.1) is 0 Å². The monoisotopic (exact) mass is 788 g/mol. The molecule has 0 aromatic rings. The number of carbonyl (C=O) groups excluding carboxylic acids is 1. The van der Waals surface area contributed by atoms with Crippen molar-refractivity contribution in [3.63, 3.8) is 0 Å². The van der Waals surface area contributed by atoms with E-state index in [1.165, 1.54) is 154 Å². The van der Waals surface area contributed by atoms with E-state index in [4.69, 9.17) is 9.05 Å². The second-order valence-electron chi connectivity index (χ2n) is 17.1. The highest BCUT2D eigenvalue weighted by Crippen LogP contribution is 2.43. The number of hydrogen-bond donors (Lipinski definition) is 3. The van der Waals surface area contributed by atoms with Crippen LogP contribution in [0.5, 0.6) is 0 Å². The Morgan fingerprint density at radius 2 is 1.00 bits per heavy atom. The van der Waals surface area contributed by atoms with Crippen LogP contribution in [0.2, 0.25) is 0 Å². The molecule has 0 heterocycles. The largest absolute Gasteiger partial charge is 0.472 e. The predicted octanol–water partition coefficient (Wildman–Crippen LogP) is 12.8. The summed E-state index contributed by atoms with van der Waals surface area (Å²) in [4.78, 5) is 23.1. The molecule has 3 atom stereocenters. The fourth-order valence-corrected chi connectivity index (χ4v) is 7.54. The van der Waals surface area contributed by atoms with Gasteiger partial charge in [-0.1, -0.05) is 187 Å². The van der Waals surface area contributed by atoms with Crippen LogP contribution >= 0.6 is 7.82 Å². The van der Waals surface area contributed by atoms with Gasteiger partial charge in [0.25, 0.3) is 0 Å². The molecule has 0 aliphatic heterocycles. The topological polar surface area (TPSA) is 105 Å². The summed E-state index contributed by atoms with van der Waals surface area (Å²) in [7, 11) is 1.62. The molecule has 0 fully saturated rings. The number of phosphoric ester groups is 1. The highest BCUT2D eigenvalue weighted by atomic mass is 31.2. The van der Waals surface area contributed by atoms with Crippen molar-refractivity contribution >= 4 is 13.7 Å². The maximum absolute atomic E-state index is 12.9. The predicted molar refractivity (Wildman–Crippen MR) is 231 cm³/mol. The standard InChI is InChI=1S/C45H91N2O6P/c1-6-8-10-12-14-16-18-19-20-21-22-23-24-25-26-27-29-31-33-35-37-39-45(49)46-43(42-53-54(50,51)52-41-40-47(3,4)5)44(48)38-36-34-32-30-28-17-15-13-11-9-7-2/h23-24,43-44,48H,6-22,25-42H2,1-5H3,(H-,46,49,50,51)/p+1/b24-23-. The van der Waals surface area contributed by atoms with Crippen molar-refractivity contribution < 1.29 is 32.9 Å². The molecule has 8 nitrogen and oxygen atoms in total. The van der Waals surface area contributed by atoms with Gasteiger partial charge < -0.3 is 19.8 Å². The third-order valence-corrected chi connectivity index (χ3v) is 11.5. The van der Waals surface area contributed by atoms with E-state index in [0.29, 0.717) is 23.9 Å². The summed E-state index contributed by atoms with van der Waals surface area (Å²) in [6.07, 6.45) is 42.4. The van der Waals surface area contributed by atoms with Crippen molar-refractivity contribution in [1.82, 2.24) is 5.32 Å². The molecule has 0 aliphatic rings. The summed E-state index contributed by atoms with van der Waals surface area (Å²) in [5, 5.41) is 13.9. The minimum Gasteiger partial charge on any atom is -0.391 e. The summed E-state index contributed by atoms with van der Waals surface area (Å²) in [6.45, 7) is 4.88. The number of unbranched alkanes of at least 4 members (excludes halogenated alkanes) is 27. The van der Waals surface area contributed by atoms with Crippen LogP contribution in [0.3, 0.4) is 0 Å². The summed E-state index contributed by atoms with van der Waals surface area (Å²) in [5.74, 6) is -0.148. The van der Waals surface area contributed by atoms with E-state index in [9.17, 15) is 19.4 Å². The van der Waals surface area contributed by atoms with Gasteiger partial charge in [0, 0.05) is 6.42 Å². The van der Waals surface area contributed by atoms with Crippen LogP contribution in [0.15, 0.2) is 12.2 Å². The van der Waals surface area contributed by atoms with Crippen molar-refractivity contribution in [2.24, 2.45) is 0 Å². The van der Waals surface area contributed by atoms with Crippen LogP contribution in [0.25, 0.3) is 0 Å². The lowest BCUT2D eigenvalue weighted by molar-refractivity contribution is -0.870. The molecular formula is C45H92N2O6P+. The SMILES string of the molecule is CCCCCCCCCCCC/C=C\CCCCCCCCCC(=O)NC(COP(=O)(O)OCC[N+](C)(C)C)C(O)CCCCCCCCCCCCC. The molecule has 0 rings (SSSR count). The molecule has 3 unspecified atom stereocenters. The third-order valence-electron chi connectivity index (χ3n) is 10.5. The zero-order chi connectivity index (χ0) is 40.0. The van der Waals surface area contributed by atoms with E-state index in [2.05, 4.69) is 31.3 Å². The molecule has 0 bridgehead atoms. The third kappa shape index (κ3) is 39.5. The number of rotatable bonds is 42. The van der Waals surface area contributed by atoms with Gasteiger partial charge in [-0.2, -0.15) is 0 Å². The van der Waals surface area contributed by atoms with Crippen molar-refractivity contribution in [3.05, 3.63) is 12.2 Å². The van der Waals surface area contributed by atoms with Gasteiger partial charge in [-0.05, 0) is 38.5 Å². The number of nitrogens with zero attached hydrogens (tertiary/aromatic N) is 1. The summed E-state index contributed by atoms with van der Waals surface area (Å²) in [6, 6.07) is -0.757. The Morgan fingerprint density at radius 1 is 0.611 bits per heavy atom. The average molecular weight is 788 g/mol. The van der Waals surface area contributed by atoms with Gasteiger partial charge in [0.15, 0.2) is 0 Å². The Hall–Kier alpha value is -0.760. The van der Waals surface area contributed by atoms with Crippen LogP contribution in [0.1, 0.15) is 219 Å². The Balaban J connectivity index is 4.24. The van der Waals surface area contributed by atoms with Gasteiger partial charge in [0.1, 0.15) is 13.2 Å². The molecule has 9 heteroatoms. The number of aliphatic hydroxyl groups is 1. The number of amides is 1. The number of quaternary nitrogens is 1. The molecule has 0 aromatic carbocycles. The first-order valence-corrected chi connectivity index (χ1v) is 24.5. The fraction of sp³-hybridized carbons (Fsp3) is 0.933. The van der Waals surface area contributed by atoms with Gasteiger partial charge >= 0.3 is 7.82 Å². The quantitative estimate of drug-likeness (QED) is 0.0246. The Morgan fingerprint density at radius 3 is 1.43 bits per heavy atom. The molecular weight excluding hydrogens is 695 g/mol. The Labute approximate surface area is 335 Å². The molecule has 322 valence electrons. The first-order valence-electron chi connectivity index (χ1n) is 23.1. The zero-order valence-corrected chi connectivity index (χ0v) is 37.4. The number of aliphatic hydroxyl groups excluding tert-OH is 1. The number of hydrogen-bond acceptors (Lipinski definition) is 5. The maximum atomic E-state index is 12.9. The zero-order valence-electron chi connectivity index (χ0n) is 36.5. The van der Waals surface area contributed by atoms with E-state index >= 15 is 0 Å². The normalized spacial score (nSPS) is 14.4. The van der Waals surface area contributed by atoms with Crippen LogP contribution in [0.4, 0.5) is 0 Å². The van der Waals surface area contributed by atoms with Crippen molar-refractivity contribution in [2.45, 2.75) is 231 Å². The van der Waals surface area contributed by atoms with E-state index in [1.807, 2.05) is 21.1 Å². The van der Waals surface area contributed by atoms with E-state index < -0.39 is 20.0 Å². The van der Waals surface area contributed by atoms with Gasteiger partial charge in [0.2, 0.25) is 5.91 Å². The number of likely N-dealkylation sites (N-methyl/N-ethyl adjacent to an activating group) is 1. The Bertz CT molecular complexity index is 896. The molecule has 1 amide bonds. The van der Waals surface area contributed by atoms with Crippen LogP contribution in [-0.2, 0) is 18.4 Å². The first kappa shape index (κ1) is 53.2. The molecule has 0 saturated carbocycles. The average Bonchev–Trinajstić information content (AvgIpc) is 3.12. The molecule has 0 aromatic heterocycles. The number of nitrogens with one attached hydrogen (secondary N) is 1. The van der Waals surface area contributed by atoms with Crippen molar-refractivity contribution in [1.29, 1.82) is 0 Å². The van der Waals surface area contributed by atoms with Crippen LogP contribution in [-0.4, -0.2) is 73.4 Å². The second kappa shape index (κ2) is 37.8. The summed E-state index contributed by atoms with van der Waals surface area (Å²) >= 11 is 0. The molecule has 54 heavy (non-hydrogen) atoms. The van der Waals surface area contributed by atoms with E-state index in [0.717, 1.165) is 38.5 Å². The second-order valence-corrected chi connectivity index (χ2v) is 18.6. The lowest BCUT2D eigenvalue weighted by Gasteiger charge is -2.26. The Kier molecular flexibility index (Phi) is 37.3. The minimum absolute atomic E-state index is 0.0755. The minimum atomic E-state index is -4.31. The van der Waals surface area contributed by atoms with Gasteiger partial charge in [-0.3, -0.25) is 13.8 Å².